The Hall–Kier alpha value is -2.94. The van der Waals surface area contributed by atoms with E-state index < -0.39 is 6.10 Å². The fraction of sp³-hybridized carbons (Fsp3) is 0.481. The van der Waals surface area contributed by atoms with E-state index in [1.807, 2.05) is 6.92 Å². The molecule has 2 amide bonds. The van der Waals surface area contributed by atoms with Gasteiger partial charge in [-0.3, -0.25) is 9.59 Å². The molecule has 1 atom stereocenters. The second kappa shape index (κ2) is 11.7. The van der Waals surface area contributed by atoms with Crippen LogP contribution in [0.25, 0.3) is 0 Å². The van der Waals surface area contributed by atoms with E-state index in [0.717, 1.165) is 12.8 Å². The fourth-order valence-electron chi connectivity index (χ4n) is 4.75. The van der Waals surface area contributed by atoms with E-state index in [0.29, 0.717) is 67.9 Å². The molecule has 4 rings (SSSR count). The first-order chi connectivity index (χ1) is 17.0. The summed E-state index contributed by atoms with van der Waals surface area (Å²) in [6.07, 6.45) is 1.17. The Labute approximate surface area is 206 Å². The Morgan fingerprint density at radius 3 is 2.40 bits per heavy atom. The number of ether oxygens (including phenoxy) is 2. The standard InChI is InChI=1S/C27H35N3O5/c1-3-35-25-18(2)23(27(33)30-10-12-34-13-11-30)8-9-24(25)26(32)29-17-22(31)16-28-21-14-19-6-4-5-7-20(19)15-21/h4-9,21-22,28,31H,3,10-17H2,1-2H3,(H,29,32)/t22-/m0/s1. The summed E-state index contributed by atoms with van der Waals surface area (Å²) >= 11 is 0. The molecule has 1 fully saturated rings. The topological polar surface area (TPSA) is 100 Å². The van der Waals surface area contributed by atoms with E-state index in [1.54, 1.807) is 24.0 Å². The number of benzene rings is 2. The zero-order valence-electron chi connectivity index (χ0n) is 20.5. The molecular formula is C27H35N3O5. The number of hydrogen-bond acceptors (Lipinski definition) is 6. The first-order valence-electron chi connectivity index (χ1n) is 12.4. The average molecular weight is 482 g/mol. The quantitative estimate of drug-likeness (QED) is 0.504. The van der Waals surface area contributed by atoms with Crippen molar-refractivity contribution in [3.05, 3.63) is 64.2 Å². The molecule has 1 heterocycles. The molecule has 8 nitrogen and oxygen atoms in total. The molecule has 0 spiro atoms. The van der Waals surface area contributed by atoms with Gasteiger partial charge in [0.05, 0.1) is 31.5 Å². The van der Waals surface area contributed by atoms with Gasteiger partial charge in [-0.05, 0) is 49.9 Å². The number of fused-ring (bicyclic) bond motifs is 1. The molecule has 1 saturated heterocycles. The summed E-state index contributed by atoms with van der Waals surface area (Å²) in [4.78, 5) is 27.7. The van der Waals surface area contributed by atoms with Gasteiger partial charge in [0.1, 0.15) is 5.75 Å². The van der Waals surface area contributed by atoms with Crippen LogP contribution in [0.4, 0.5) is 0 Å². The lowest BCUT2D eigenvalue weighted by atomic mass is 10.0. The zero-order chi connectivity index (χ0) is 24.8. The number of amides is 2. The summed E-state index contributed by atoms with van der Waals surface area (Å²) in [5.74, 6) is -0.0241. The van der Waals surface area contributed by atoms with Gasteiger partial charge in [-0.25, -0.2) is 0 Å². The second-order valence-corrected chi connectivity index (χ2v) is 9.10. The molecule has 0 saturated carbocycles. The molecule has 1 aliphatic carbocycles. The van der Waals surface area contributed by atoms with E-state index in [1.165, 1.54) is 11.1 Å². The second-order valence-electron chi connectivity index (χ2n) is 9.10. The summed E-state index contributed by atoms with van der Waals surface area (Å²) in [5, 5.41) is 16.7. The van der Waals surface area contributed by atoms with Gasteiger partial charge < -0.3 is 30.1 Å². The predicted octanol–water partition coefficient (Wildman–Crippen LogP) is 1.71. The Kier molecular flexibility index (Phi) is 8.38. The van der Waals surface area contributed by atoms with Gasteiger partial charge in [0, 0.05) is 43.3 Å². The lowest BCUT2D eigenvalue weighted by Gasteiger charge is -2.28. The molecular weight excluding hydrogens is 446 g/mol. The molecule has 2 aromatic rings. The van der Waals surface area contributed by atoms with Gasteiger partial charge in [0.15, 0.2) is 0 Å². The van der Waals surface area contributed by atoms with Gasteiger partial charge in [0.2, 0.25) is 0 Å². The van der Waals surface area contributed by atoms with E-state index in [2.05, 4.69) is 34.9 Å². The molecule has 0 unspecified atom stereocenters. The van der Waals surface area contributed by atoms with Crippen LogP contribution in [0.1, 0.15) is 44.3 Å². The Bertz CT molecular complexity index is 1030. The van der Waals surface area contributed by atoms with Gasteiger partial charge >= 0.3 is 0 Å². The smallest absolute Gasteiger partial charge is 0.255 e. The van der Waals surface area contributed by atoms with Crippen LogP contribution in [0.5, 0.6) is 5.75 Å². The van der Waals surface area contributed by atoms with Gasteiger partial charge in [-0.15, -0.1) is 0 Å². The van der Waals surface area contributed by atoms with E-state index in [4.69, 9.17) is 9.47 Å². The van der Waals surface area contributed by atoms with Crippen molar-refractivity contribution in [3.63, 3.8) is 0 Å². The number of nitrogens with one attached hydrogen (secondary N) is 2. The number of morpholine rings is 1. The molecule has 0 aromatic heterocycles. The first kappa shape index (κ1) is 25.2. The predicted molar refractivity (Wildman–Crippen MR) is 133 cm³/mol. The summed E-state index contributed by atoms with van der Waals surface area (Å²) in [7, 11) is 0. The van der Waals surface area contributed by atoms with Crippen molar-refractivity contribution in [2.24, 2.45) is 0 Å². The molecule has 35 heavy (non-hydrogen) atoms. The third-order valence-electron chi connectivity index (χ3n) is 6.66. The maximum Gasteiger partial charge on any atom is 0.255 e. The Morgan fingerprint density at radius 2 is 1.74 bits per heavy atom. The zero-order valence-corrected chi connectivity index (χ0v) is 20.5. The van der Waals surface area contributed by atoms with Crippen molar-refractivity contribution in [1.82, 2.24) is 15.5 Å². The van der Waals surface area contributed by atoms with Crippen LogP contribution in [0, 0.1) is 6.92 Å². The van der Waals surface area contributed by atoms with Crippen molar-refractivity contribution >= 4 is 11.8 Å². The first-order valence-corrected chi connectivity index (χ1v) is 12.4. The van der Waals surface area contributed by atoms with Crippen molar-refractivity contribution < 1.29 is 24.2 Å². The maximum atomic E-state index is 13.0. The van der Waals surface area contributed by atoms with Gasteiger partial charge in [0.25, 0.3) is 11.8 Å². The van der Waals surface area contributed by atoms with Gasteiger partial charge in [-0.1, -0.05) is 24.3 Å². The minimum Gasteiger partial charge on any atom is -0.493 e. The van der Waals surface area contributed by atoms with Crippen molar-refractivity contribution in [2.45, 2.75) is 38.8 Å². The highest BCUT2D eigenvalue weighted by atomic mass is 16.5. The minimum atomic E-state index is -0.721. The highest BCUT2D eigenvalue weighted by molar-refractivity contribution is 6.01. The molecule has 2 aliphatic rings. The molecule has 0 radical (unpaired) electrons. The summed E-state index contributed by atoms with van der Waals surface area (Å²) in [5.41, 5.74) is 4.21. The fourth-order valence-corrected chi connectivity index (χ4v) is 4.75. The van der Waals surface area contributed by atoms with Crippen LogP contribution in [0.3, 0.4) is 0 Å². The van der Waals surface area contributed by atoms with Crippen LogP contribution in [0.2, 0.25) is 0 Å². The van der Waals surface area contributed by atoms with Crippen molar-refractivity contribution in [3.8, 4) is 5.75 Å². The molecule has 2 aromatic carbocycles. The number of rotatable bonds is 9. The molecule has 8 heteroatoms. The van der Waals surface area contributed by atoms with Crippen LogP contribution in [0.15, 0.2) is 36.4 Å². The normalized spacial score (nSPS) is 16.6. The van der Waals surface area contributed by atoms with Crippen LogP contribution >= 0.6 is 0 Å². The number of carbonyl (C=O) groups excluding carboxylic acids is 2. The molecule has 188 valence electrons. The molecule has 1 aliphatic heterocycles. The van der Waals surface area contributed by atoms with E-state index >= 15 is 0 Å². The number of carbonyl (C=O) groups is 2. The number of aliphatic hydroxyl groups excluding tert-OH is 1. The SMILES string of the molecule is CCOc1c(C(=O)NC[C@@H](O)CNC2Cc3ccccc3C2)ccc(C(=O)N2CCOCC2)c1C. The van der Waals surface area contributed by atoms with Gasteiger partial charge in [-0.2, -0.15) is 0 Å². The van der Waals surface area contributed by atoms with Crippen molar-refractivity contribution in [1.29, 1.82) is 0 Å². The summed E-state index contributed by atoms with van der Waals surface area (Å²) < 4.78 is 11.1. The minimum absolute atomic E-state index is 0.0886. The monoisotopic (exact) mass is 481 g/mol. The lowest BCUT2D eigenvalue weighted by molar-refractivity contribution is 0.0302. The number of hydrogen-bond donors (Lipinski definition) is 3. The van der Waals surface area contributed by atoms with Crippen LogP contribution < -0.4 is 15.4 Å². The maximum absolute atomic E-state index is 13.0. The lowest BCUT2D eigenvalue weighted by Crippen LogP contribution is -2.42. The Balaban J connectivity index is 1.34. The van der Waals surface area contributed by atoms with E-state index in [9.17, 15) is 14.7 Å². The third-order valence-corrected chi connectivity index (χ3v) is 6.66. The molecule has 0 bridgehead atoms. The average Bonchev–Trinajstić information content (AvgIpc) is 3.30. The highest BCUT2D eigenvalue weighted by Crippen LogP contribution is 2.28. The number of aliphatic hydroxyl groups is 1. The molecule has 3 N–H and O–H groups in total. The third kappa shape index (κ3) is 6.01. The van der Waals surface area contributed by atoms with E-state index in [-0.39, 0.29) is 18.4 Å². The Morgan fingerprint density at radius 1 is 1.09 bits per heavy atom. The highest BCUT2D eigenvalue weighted by Gasteiger charge is 2.25. The van der Waals surface area contributed by atoms with Crippen LogP contribution in [-0.2, 0) is 17.6 Å². The van der Waals surface area contributed by atoms with Crippen LogP contribution in [-0.4, -0.2) is 80.0 Å². The summed E-state index contributed by atoms with van der Waals surface area (Å²) in [6, 6.07) is 12.0. The summed E-state index contributed by atoms with van der Waals surface area (Å²) in [6.45, 7) is 6.65. The largest absolute Gasteiger partial charge is 0.493 e. The number of nitrogens with zero attached hydrogens (tertiary/aromatic N) is 1. The van der Waals surface area contributed by atoms with Crippen molar-refractivity contribution in [2.75, 3.05) is 46.0 Å².